The Bertz CT molecular complexity index is 407. The fraction of sp³-hybridized carbons (Fsp3) is 0.462. The van der Waals surface area contributed by atoms with Crippen LogP contribution >= 0.6 is 0 Å². The van der Waals surface area contributed by atoms with Crippen molar-refractivity contribution in [1.29, 1.82) is 0 Å². The molecule has 5 heteroatoms. The Morgan fingerprint density at radius 2 is 2.22 bits per heavy atom. The summed E-state index contributed by atoms with van der Waals surface area (Å²) in [6.07, 6.45) is 0.875. The third-order valence-corrected chi connectivity index (χ3v) is 2.51. The number of carbonyl (C=O) groups excluding carboxylic acids is 1. The molecule has 4 nitrogen and oxygen atoms in total. The Labute approximate surface area is 106 Å². The van der Waals surface area contributed by atoms with Gasteiger partial charge in [0.1, 0.15) is 0 Å². The minimum absolute atomic E-state index is 0.151. The van der Waals surface area contributed by atoms with Crippen LogP contribution in [0, 0.1) is 5.82 Å². The fourth-order valence-corrected chi connectivity index (χ4v) is 1.48. The van der Waals surface area contributed by atoms with E-state index < -0.39 is 11.9 Å². The molecule has 0 bridgehead atoms. The number of rotatable bonds is 7. The minimum atomic E-state index is -0.705. The predicted molar refractivity (Wildman–Crippen MR) is 65.6 cm³/mol. The van der Waals surface area contributed by atoms with Crippen LogP contribution in [0.25, 0.3) is 0 Å². The van der Waals surface area contributed by atoms with Crippen molar-refractivity contribution in [3.8, 4) is 5.75 Å². The summed E-state index contributed by atoms with van der Waals surface area (Å²) in [7, 11) is 0. The SMILES string of the molecule is C[C@H](O)c1ccc(OCCCCC(N)=O)c(F)c1. The molecule has 3 N–H and O–H groups in total. The van der Waals surface area contributed by atoms with E-state index in [2.05, 4.69) is 0 Å². The average Bonchev–Trinajstić information content (AvgIpc) is 2.29. The van der Waals surface area contributed by atoms with E-state index >= 15 is 0 Å². The molecule has 100 valence electrons. The summed E-state index contributed by atoms with van der Waals surface area (Å²) in [5.41, 5.74) is 5.50. The van der Waals surface area contributed by atoms with Crippen LogP contribution in [0.15, 0.2) is 18.2 Å². The number of benzene rings is 1. The standard InChI is InChI=1S/C13H18FNO3/c1-9(16)10-5-6-12(11(14)8-10)18-7-3-2-4-13(15)17/h5-6,8-9,16H,2-4,7H2,1H3,(H2,15,17)/t9-/m0/s1. The maximum Gasteiger partial charge on any atom is 0.217 e. The third-order valence-electron chi connectivity index (χ3n) is 2.51. The van der Waals surface area contributed by atoms with Gasteiger partial charge in [0.15, 0.2) is 11.6 Å². The Morgan fingerprint density at radius 3 is 2.78 bits per heavy atom. The number of hydrogen-bond donors (Lipinski definition) is 2. The number of hydrogen-bond acceptors (Lipinski definition) is 3. The number of aliphatic hydroxyl groups is 1. The van der Waals surface area contributed by atoms with Gasteiger partial charge in [-0.1, -0.05) is 6.07 Å². The molecule has 0 aliphatic carbocycles. The lowest BCUT2D eigenvalue weighted by Gasteiger charge is -2.09. The van der Waals surface area contributed by atoms with Crippen LogP contribution in [-0.2, 0) is 4.79 Å². The van der Waals surface area contributed by atoms with E-state index in [0.29, 0.717) is 31.4 Å². The molecule has 1 aromatic rings. The lowest BCUT2D eigenvalue weighted by Crippen LogP contribution is -2.10. The van der Waals surface area contributed by atoms with E-state index in [4.69, 9.17) is 10.5 Å². The highest BCUT2D eigenvalue weighted by molar-refractivity contribution is 5.73. The maximum absolute atomic E-state index is 13.5. The molecule has 0 spiro atoms. The van der Waals surface area contributed by atoms with Gasteiger partial charge >= 0.3 is 0 Å². The van der Waals surface area contributed by atoms with Crippen molar-refractivity contribution in [3.63, 3.8) is 0 Å². The van der Waals surface area contributed by atoms with Crippen LogP contribution in [0.1, 0.15) is 37.9 Å². The van der Waals surface area contributed by atoms with Crippen LogP contribution in [0.4, 0.5) is 4.39 Å². The fourth-order valence-electron chi connectivity index (χ4n) is 1.48. The first-order valence-corrected chi connectivity index (χ1v) is 5.89. The maximum atomic E-state index is 13.5. The van der Waals surface area contributed by atoms with E-state index in [1.54, 1.807) is 13.0 Å². The van der Waals surface area contributed by atoms with Gasteiger partial charge in [-0.15, -0.1) is 0 Å². The highest BCUT2D eigenvalue weighted by Gasteiger charge is 2.07. The number of amides is 1. The molecule has 0 unspecified atom stereocenters. The smallest absolute Gasteiger partial charge is 0.217 e. The molecule has 0 aliphatic heterocycles. The molecule has 0 aromatic heterocycles. The number of nitrogens with two attached hydrogens (primary N) is 1. The van der Waals surface area contributed by atoms with E-state index in [9.17, 15) is 14.3 Å². The second kappa shape index (κ2) is 6.96. The topological polar surface area (TPSA) is 72.6 Å². The highest BCUT2D eigenvalue weighted by atomic mass is 19.1. The van der Waals surface area contributed by atoms with Crippen LogP contribution < -0.4 is 10.5 Å². The van der Waals surface area contributed by atoms with E-state index in [1.807, 2.05) is 0 Å². The van der Waals surface area contributed by atoms with Gasteiger partial charge < -0.3 is 15.6 Å². The first kappa shape index (κ1) is 14.4. The van der Waals surface area contributed by atoms with Gasteiger partial charge in [0, 0.05) is 6.42 Å². The van der Waals surface area contributed by atoms with Gasteiger partial charge in [0.2, 0.25) is 5.91 Å². The Morgan fingerprint density at radius 1 is 1.50 bits per heavy atom. The van der Waals surface area contributed by atoms with Gasteiger partial charge in [0.05, 0.1) is 12.7 Å². The zero-order valence-corrected chi connectivity index (χ0v) is 10.4. The summed E-state index contributed by atoms with van der Waals surface area (Å²) < 4.78 is 18.8. The second-order valence-corrected chi connectivity index (χ2v) is 4.14. The summed E-state index contributed by atoms with van der Waals surface area (Å²) >= 11 is 0. The summed E-state index contributed by atoms with van der Waals surface area (Å²) in [6, 6.07) is 4.36. The molecule has 1 aromatic carbocycles. The first-order valence-electron chi connectivity index (χ1n) is 5.89. The van der Waals surface area contributed by atoms with Gasteiger partial charge in [-0.3, -0.25) is 4.79 Å². The number of halogens is 1. The highest BCUT2D eigenvalue weighted by Crippen LogP contribution is 2.22. The summed E-state index contributed by atoms with van der Waals surface area (Å²) in [6.45, 7) is 1.90. The van der Waals surface area contributed by atoms with Gasteiger partial charge in [-0.2, -0.15) is 0 Å². The normalized spacial score (nSPS) is 12.2. The molecule has 0 saturated carbocycles. The zero-order chi connectivity index (χ0) is 13.5. The van der Waals surface area contributed by atoms with Crippen molar-refractivity contribution in [2.24, 2.45) is 5.73 Å². The van der Waals surface area contributed by atoms with Crippen molar-refractivity contribution in [2.45, 2.75) is 32.3 Å². The Kier molecular flexibility index (Phi) is 5.58. The molecule has 0 radical (unpaired) electrons. The van der Waals surface area contributed by atoms with Crippen LogP contribution in [-0.4, -0.2) is 17.6 Å². The molecular weight excluding hydrogens is 237 g/mol. The molecule has 0 heterocycles. The van der Waals surface area contributed by atoms with E-state index in [-0.39, 0.29) is 11.7 Å². The zero-order valence-electron chi connectivity index (χ0n) is 10.4. The third kappa shape index (κ3) is 4.71. The molecule has 0 aliphatic rings. The molecule has 1 atom stereocenters. The summed E-state index contributed by atoms with van der Waals surface area (Å²) in [4.78, 5) is 10.5. The van der Waals surface area contributed by atoms with Crippen molar-refractivity contribution in [3.05, 3.63) is 29.6 Å². The number of carbonyl (C=O) groups is 1. The van der Waals surface area contributed by atoms with Crippen molar-refractivity contribution >= 4 is 5.91 Å². The lowest BCUT2D eigenvalue weighted by atomic mass is 10.1. The number of aliphatic hydroxyl groups excluding tert-OH is 1. The van der Waals surface area contributed by atoms with E-state index in [1.165, 1.54) is 12.1 Å². The second-order valence-electron chi connectivity index (χ2n) is 4.14. The van der Waals surface area contributed by atoms with Crippen molar-refractivity contribution < 1.29 is 19.0 Å². The lowest BCUT2D eigenvalue weighted by molar-refractivity contribution is -0.118. The molecule has 0 saturated heterocycles. The molecule has 0 fully saturated rings. The Hall–Kier alpha value is -1.62. The average molecular weight is 255 g/mol. The Balaban J connectivity index is 2.41. The summed E-state index contributed by atoms with van der Waals surface area (Å²) in [5, 5.41) is 9.29. The molecular formula is C13H18FNO3. The number of primary amides is 1. The first-order chi connectivity index (χ1) is 8.50. The monoisotopic (exact) mass is 255 g/mol. The predicted octanol–water partition coefficient (Wildman–Crippen LogP) is 1.91. The van der Waals surface area contributed by atoms with Crippen LogP contribution in [0.5, 0.6) is 5.75 Å². The van der Waals surface area contributed by atoms with Gasteiger partial charge in [-0.05, 0) is 37.5 Å². The van der Waals surface area contributed by atoms with Crippen LogP contribution in [0.3, 0.4) is 0 Å². The molecule has 1 rings (SSSR count). The van der Waals surface area contributed by atoms with Crippen LogP contribution in [0.2, 0.25) is 0 Å². The number of unbranched alkanes of at least 4 members (excludes halogenated alkanes) is 1. The van der Waals surface area contributed by atoms with Crippen molar-refractivity contribution in [1.82, 2.24) is 0 Å². The van der Waals surface area contributed by atoms with Crippen molar-refractivity contribution in [2.75, 3.05) is 6.61 Å². The van der Waals surface area contributed by atoms with Gasteiger partial charge in [-0.25, -0.2) is 4.39 Å². The van der Waals surface area contributed by atoms with Gasteiger partial charge in [0.25, 0.3) is 0 Å². The minimum Gasteiger partial charge on any atom is -0.491 e. The summed E-state index contributed by atoms with van der Waals surface area (Å²) in [5.74, 6) is -0.691. The molecule has 18 heavy (non-hydrogen) atoms. The quantitative estimate of drug-likeness (QED) is 0.731. The number of ether oxygens (including phenoxy) is 1. The largest absolute Gasteiger partial charge is 0.491 e. The van der Waals surface area contributed by atoms with E-state index in [0.717, 1.165) is 0 Å². The molecule has 1 amide bonds.